The van der Waals surface area contributed by atoms with E-state index in [0.717, 1.165) is 24.3 Å². The van der Waals surface area contributed by atoms with Gasteiger partial charge < -0.3 is 9.47 Å². The van der Waals surface area contributed by atoms with E-state index in [-0.39, 0.29) is 17.8 Å². The fraction of sp³-hybridized carbons (Fsp3) is 0.444. The number of hydrogen-bond donors (Lipinski definition) is 0. The van der Waals surface area contributed by atoms with Crippen molar-refractivity contribution in [3.05, 3.63) is 42.0 Å². The molecule has 7 heteroatoms. The zero-order chi connectivity index (χ0) is 18.4. The first-order chi connectivity index (χ1) is 11.8. The fourth-order valence-corrected chi connectivity index (χ4v) is 2.67. The van der Waals surface area contributed by atoms with Gasteiger partial charge in [-0.05, 0) is 56.9 Å². The van der Waals surface area contributed by atoms with Gasteiger partial charge in [0.05, 0.1) is 11.5 Å². The molecule has 1 aliphatic carbocycles. The maximum absolute atomic E-state index is 12.5. The lowest BCUT2D eigenvalue weighted by Gasteiger charge is -2.26. The van der Waals surface area contributed by atoms with Crippen molar-refractivity contribution in [3.8, 4) is 5.75 Å². The first-order valence-corrected chi connectivity index (χ1v) is 8.02. The second kappa shape index (κ2) is 8.18. The fourth-order valence-electron chi connectivity index (χ4n) is 2.67. The molecule has 0 N–H and O–H groups in total. The topological polar surface area (TPSA) is 52.6 Å². The maximum Gasteiger partial charge on any atom is 0.416 e. The van der Waals surface area contributed by atoms with E-state index in [9.17, 15) is 22.8 Å². The number of allylic oxidation sites excluding steroid dienone is 1. The number of carbonyl (C=O) groups is 2. The van der Waals surface area contributed by atoms with Crippen LogP contribution < -0.4 is 4.74 Å². The van der Waals surface area contributed by atoms with E-state index in [1.165, 1.54) is 6.08 Å². The normalized spacial score (nSPS) is 21.1. The largest absolute Gasteiger partial charge is 0.459 e. The molecule has 0 saturated heterocycles. The molecule has 0 amide bonds. The molecule has 0 unspecified atom stereocenters. The molecule has 2 rings (SSSR count). The van der Waals surface area contributed by atoms with Crippen LogP contribution in [-0.4, -0.2) is 18.0 Å². The van der Waals surface area contributed by atoms with Gasteiger partial charge in [-0.2, -0.15) is 13.2 Å². The van der Waals surface area contributed by atoms with Crippen molar-refractivity contribution < 1.29 is 32.2 Å². The Hall–Kier alpha value is -2.31. The summed E-state index contributed by atoms with van der Waals surface area (Å²) in [5.41, 5.74) is -0.796. The first-order valence-electron chi connectivity index (χ1n) is 8.02. The number of carbonyl (C=O) groups excluding carboxylic acids is 2. The van der Waals surface area contributed by atoms with Crippen LogP contribution in [-0.2, 0) is 20.5 Å². The average Bonchev–Trinajstić information content (AvgIpc) is 2.55. The minimum Gasteiger partial charge on any atom is -0.459 e. The summed E-state index contributed by atoms with van der Waals surface area (Å²) in [6, 6.07) is 4.01. The van der Waals surface area contributed by atoms with Crippen molar-refractivity contribution >= 4 is 11.9 Å². The molecule has 136 valence electrons. The Morgan fingerprint density at radius 2 is 1.68 bits per heavy atom. The van der Waals surface area contributed by atoms with Crippen molar-refractivity contribution in [2.24, 2.45) is 5.92 Å². The molecule has 1 aromatic rings. The van der Waals surface area contributed by atoms with Gasteiger partial charge in [-0.3, -0.25) is 4.79 Å². The molecule has 0 radical (unpaired) electrons. The highest BCUT2D eigenvalue weighted by Gasteiger charge is 2.31. The second-order valence-corrected chi connectivity index (χ2v) is 5.85. The summed E-state index contributed by atoms with van der Waals surface area (Å²) in [4.78, 5) is 23.5. The number of ether oxygens (including phenoxy) is 2. The van der Waals surface area contributed by atoms with Crippen molar-refractivity contribution in [2.45, 2.75) is 44.9 Å². The Kier molecular flexibility index (Phi) is 6.22. The summed E-state index contributed by atoms with van der Waals surface area (Å²) in [6.45, 7) is 1.72. The van der Waals surface area contributed by atoms with Gasteiger partial charge in [0.2, 0.25) is 0 Å². The Morgan fingerprint density at radius 1 is 1.08 bits per heavy atom. The van der Waals surface area contributed by atoms with Gasteiger partial charge in [0.1, 0.15) is 11.9 Å². The van der Waals surface area contributed by atoms with Crippen LogP contribution in [0.4, 0.5) is 13.2 Å². The quantitative estimate of drug-likeness (QED) is 0.459. The molecule has 4 nitrogen and oxygen atoms in total. The van der Waals surface area contributed by atoms with Gasteiger partial charge in [0.15, 0.2) is 0 Å². The van der Waals surface area contributed by atoms with Crippen molar-refractivity contribution in [1.82, 2.24) is 0 Å². The van der Waals surface area contributed by atoms with Gasteiger partial charge >= 0.3 is 18.1 Å². The summed E-state index contributed by atoms with van der Waals surface area (Å²) in [7, 11) is 0. The predicted octanol–water partition coefficient (Wildman–Crippen LogP) is 4.29. The van der Waals surface area contributed by atoms with E-state index in [4.69, 9.17) is 9.47 Å². The van der Waals surface area contributed by atoms with Gasteiger partial charge in [0.25, 0.3) is 0 Å². The van der Waals surface area contributed by atoms with E-state index in [0.29, 0.717) is 25.7 Å². The van der Waals surface area contributed by atoms with Gasteiger partial charge in [-0.15, -0.1) is 0 Å². The summed E-state index contributed by atoms with van der Waals surface area (Å²) < 4.78 is 47.9. The molecule has 0 atom stereocenters. The van der Waals surface area contributed by atoms with E-state index in [2.05, 4.69) is 0 Å². The number of esters is 2. The zero-order valence-electron chi connectivity index (χ0n) is 13.7. The molecule has 1 saturated carbocycles. The number of benzene rings is 1. The first kappa shape index (κ1) is 19.0. The molecule has 25 heavy (non-hydrogen) atoms. The lowest BCUT2D eigenvalue weighted by Crippen LogP contribution is -2.29. The molecule has 0 aromatic heterocycles. The highest BCUT2D eigenvalue weighted by molar-refractivity contribution is 5.82. The maximum atomic E-state index is 12.5. The van der Waals surface area contributed by atoms with Crippen molar-refractivity contribution in [3.63, 3.8) is 0 Å². The van der Waals surface area contributed by atoms with Crippen LogP contribution in [0.2, 0.25) is 0 Å². The monoisotopic (exact) mass is 356 g/mol. The lowest BCUT2D eigenvalue weighted by atomic mass is 9.87. The summed E-state index contributed by atoms with van der Waals surface area (Å²) >= 11 is 0. The Bertz CT molecular complexity index is 627. The van der Waals surface area contributed by atoms with Crippen LogP contribution in [0.25, 0.3) is 0 Å². The van der Waals surface area contributed by atoms with Crippen molar-refractivity contribution in [1.29, 1.82) is 0 Å². The van der Waals surface area contributed by atoms with Crippen LogP contribution in [0.5, 0.6) is 5.75 Å². The highest BCUT2D eigenvalue weighted by atomic mass is 19.4. The third kappa shape index (κ3) is 5.62. The number of alkyl halides is 3. The van der Waals surface area contributed by atoms with E-state index >= 15 is 0 Å². The van der Waals surface area contributed by atoms with Crippen LogP contribution >= 0.6 is 0 Å². The molecule has 1 fully saturated rings. The Morgan fingerprint density at radius 3 is 2.20 bits per heavy atom. The Labute approximate surface area is 143 Å². The van der Waals surface area contributed by atoms with E-state index < -0.39 is 23.7 Å². The number of hydrogen-bond acceptors (Lipinski definition) is 4. The Balaban J connectivity index is 1.83. The third-order valence-electron chi connectivity index (χ3n) is 3.99. The lowest BCUT2D eigenvalue weighted by molar-refractivity contribution is -0.147. The number of rotatable bonds is 4. The molecule has 0 aliphatic heterocycles. The minimum absolute atomic E-state index is 0.0830. The average molecular weight is 356 g/mol. The van der Waals surface area contributed by atoms with E-state index in [1.54, 1.807) is 13.0 Å². The van der Waals surface area contributed by atoms with Crippen LogP contribution in [0.3, 0.4) is 0 Å². The highest BCUT2D eigenvalue weighted by Crippen LogP contribution is 2.31. The molecule has 0 heterocycles. The molecular formula is C18H19F3O4. The van der Waals surface area contributed by atoms with Gasteiger partial charge in [0, 0.05) is 6.08 Å². The van der Waals surface area contributed by atoms with Crippen LogP contribution in [0.1, 0.15) is 38.2 Å². The summed E-state index contributed by atoms with van der Waals surface area (Å²) in [5.74, 6) is -1.14. The molecule has 0 bridgehead atoms. The van der Waals surface area contributed by atoms with Crippen LogP contribution in [0.15, 0.2) is 36.4 Å². The van der Waals surface area contributed by atoms with Crippen LogP contribution in [0, 0.1) is 5.92 Å². The third-order valence-corrected chi connectivity index (χ3v) is 3.99. The summed E-state index contributed by atoms with van der Waals surface area (Å²) in [6.07, 6.45) is 0.400. The van der Waals surface area contributed by atoms with Gasteiger partial charge in [-0.1, -0.05) is 6.08 Å². The minimum atomic E-state index is -4.43. The zero-order valence-corrected chi connectivity index (χ0v) is 13.7. The smallest absolute Gasteiger partial charge is 0.416 e. The van der Waals surface area contributed by atoms with Crippen molar-refractivity contribution in [2.75, 3.05) is 0 Å². The summed E-state index contributed by atoms with van der Waals surface area (Å²) in [5, 5.41) is 0. The molecule has 1 aliphatic rings. The number of halogens is 3. The standard InChI is InChI=1S/C18H19F3O4/c1-2-3-16(22)24-14-8-4-12(5-9-14)17(23)25-15-10-6-13(7-11-15)18(19,20)21/h2-3,6-7,10-12,14H,4-5,8-9H2,1H3/b3-2+/t12-,14-. The molecule has 1 aromatic carbocycles. The second-order valence-electron chi connectivity index (χ2n) is 5.85. The van der Waals surface area contributed by atoms with Gasteiger partial charge in [-0.25, -0.2) is 4.79 Å². The molecule has 0 spiro atoms. The predicted molar refractivity (Wildman–Crippen MR) is 83.7 cm³/mol. The SMILES string of the molecule is C/C=C/C(=O)O[C@H]1CC[C@H](C(=O)Oc2ccc(C(F)(F)F)cc2)CC1. The van der Waals surface area contributed by atoms with E-state index in [1.807, 2.05) is 0 Å². The molecular weight excluding hydrogens is 337 g/mol.